The maximum absolute atomic E-state index is 9.43. The van der Waals surface area contributed by atoms with Gasteiger partial charge < -0.3 is 10.8 Å². The number of hydrogen-bond donors (Lipinski definition) is 2. The summed E-state index contributed by atoms with van der Waals surface area (Å²) in [5, 5.41) is 9.43. The fraction of sp³-hybridized carbons (Fsp3) is 0.400. The number of aryl methyl sites for hydroxylation is 2. The van der Waals surface area contributed by atoms with Gasteiger partial charge in [-0.2, -0.15) is 0 Å². The minimum absolute atomic E-state index is 0.312. The molecule has 0 aliphatic carbocycles. The van der Waals surface area contributed by atoms with Gasteiger partial charge in [0.05, 0.1) is 0 Å². The van der Waals surface area contributed by atoms with Gasteiger partial charge in [-0.05, 0) is 24.0 Å². The van der Waals surface area contributed by atoms with Crippen molar-refractivity contribution in [3.8, 4) is 5.75 Å². The molecule has 2 heteroatoms. The average Bonchev–Trinajstić information content (AvgIpc) is 2.05. The van der Waals surface area contributed by atoms with Crippen molar-refractivity contribution in [2.75, 3.05) is 5.73 Å². The van der Waals surface area contributed by atoms with Crippen molar-refractivity contribution >= 4 is 5.69 Å². The molecule has 0 atom stereocenters. The summed E-state index contributed by atoms with van der Waals surface area (Å²) >= 11 is 0. The summed E-state index contributed by atoms with van der Waals surface area (Å²) in [6, 6.07) is 3.61. The molecule has 0 radical (unpaired) electrons. The topological polar surface area (TPSA) is 46.2 Å². The van der Waals surface area contributed by atoms with Crippen LogP contribution in [0, 0.1) is 0 Å². The van der Waals surface area contributed by atoms with Gasteiger partial charge in [-0.15, -0.1) is 0 Å². The van der Waals surface area contributed by atoms with Crippen molar-refractivity contribution in [1.82, 2.24) is 0 Å². The number of nitrogen functional groups attached to an aromatic ring is 1. The normalized spacial score (nSPS) is 10.2. The van der Waals surface area contributed by atoms with Crippen LogP contribution in [0.2, 0.25) is 0 Å². The number of hydrogen-bond acceptors (Lipinski definition) is 2. The molecule has 0 spiro atoms. The first-order valence-corrected chi connectivity index (χ1v) is 4.29. The fourth-order valence-corrected chi connectivity index (χ4v) is 1.29. The number of benzene rings is 1. The van der Waals surface area contributed by atoms with Crippen LogP contribution >= 0.6 is 0 Å². The van der Waals surface area contributed by atoms with Crippen LogP contribution in [0.5, 0.6) is 5.75 Å². The van der Waals surface area contributed by atoms with Crippen molar-refractivity contribution in [3.05, 3.63) is 23.3 Å². The Labute approximate surface area is 73.0 Å². The first-order valence-electron chi connectivity index (χ1n) is 4.29. The van der Waals surface area contributed by atoms with E-state index in [2.05, 4.69) is 6.92 Å². The van der Waals surface area contributed by atoms with Gasteiger partial charge in [0.15, 0.2) is 0 Å². The predicted molar refractivity (Wildman–Crippen MR) is 51.3 cm³/mol. The van der Waals surface area contributed by atoms with E-state index in [0.29, 0.717) is 11.4 Å². The maximum Gasteiger partial charge on any atom is 0.120 e. The first-order chi connectivity index (χ1) is 5.69. The van der Waals surface area contributed by atoms with Crippen LogP contribution in [0.1, 0.15) is 25.0 Å². The second kappa shape index (κ2) is 3.48. The van der Waals surface area contributed by atoms with E-state index >= 15 is 0 Å². The molecule has 0 aliphatic heterocycles. The fourth-order valence-electron chi connectivity index (χ4n) is 1.29. The summed E-state index contributed by atoms with van der Waals surface area (Å²) < 4.78 is 0. The number of anilines is 1. The molecule has 3 N–H and O–H groups in total. The van der Waals surface area contributed by atoms with E-state index in [1.165, 1.54) is 0 Å². The third-order valence-electron chi connectivity index (χ3n) is 2.10. The monoisotopic (exact) mass is 165 g/mol. The van der Waals surface area contributed by atoms with Crippen LogP contribution in [-0.2, 0) is 12.8 Å². The average molecular weight is 165 g/mol. The Morgan fingerprint density at radius 1 is 1.17 bits per heavy atom. The SMILES string of the molecule is CCc1cc(CC)c(O)cc1N. The lowest BCUT2D eigenvalue weighted by atomic mass is 10.0. The van der Waals surface area contributed by atoms with Gasteiger partial charge in [-0.3, -0.25) is 0 Å². The highest BCUT2D eigenvalue weighted by Gasteiger charge is 2.03. The zero-order valence-electron chi connectivity index (χ0n) is 7.59. The van der Waals surface area contributed by atoms with E-state index in [1.807, 2.05) is 13.0 Å². The Morgan fingerprint density at radius 2 is 1.75 bits per heavy atom. The molecule has 0 saturated carbocycles. The smallest absolute Gasteiger partial charge is 0.120 e. The number of nitrogens with two attached hydrogens (primary N) is 1. The Morgan fingerprint density at radius 3 is 2.25 bits per heavy atom. The third kappa shape index (κ3) is 1.52. The van der Waals surface area contributed by atoms with Gasteiger partial charge >= 0.3 is 0 Å². The van der Waals surface area contributed by atoms with Crippen molar-refractivity contribution in [2.45, 2.75) is 26.7 Å². The molecule has 0 unspecified atom stereocenters. The standard InChI is InChI=1S/C10H15NO/c1-3-7-5-8(4-2)10(12)6-9(7)11/h5-6,12H,3-4,11H2,1-2H3. The summed E-state index contributed by atoms with van der Waals surface area (Å²) in [5.41, 5.74) is 8.47. The van der Waals surface area contributed by atoms with Crippen LogP contribution in [0.25, 0.3) is 0 Å². The second-order valence-electron chi connectivity index (χ2n) is 2.89. The van der Waals surface area contributed by atoms with Gasteiger partial charge in [-0.1, -0.05) is 19.9 Å². The molecule has 0 fully saturated rings. The summed E-state index contributed by atoms with van der Waals surface area (Å²) in [6.45, 7) is 4.08. The highest BCUT2D eigenvalue weighted by molar-refractivity contribution is 5.54. The van der Waals surface area contributed by atoms with E-state index in [-0.39, 0.29) is 0 Å². The van der Waals surface area contributed by atoms with Crippen LogP contribution < -0.4 is 5.73 Å². The number of phenols is 1. The Balaban J connectivity index is 3.18. The minimum atomic E-state index is 0.312. The minimum Gasteiger partial charge on any atom is -0.508 e. The highest BCUT2D eigenvalue weighted by atomic mass is 16.3. The van der Waals surface area contributed by atoms with Crippen molar-refractivity contribution < 1.29 is 5.11 Å². The molecule has 0 heterocycles. The molecular weight excluding hydrogens is 150 g/mol. The van der Waals surface area contributed by atoms with E-state index in [9.17, 15) is 5.11 Å². The lowest BCUT2D eigenvalue weighted by Crippen LogP contribution is -1.94. The van der Waals surface area contributed by atoms with Gasteiger partial charge in [0.2, 0.25) is 0 Å². The van der Waals surface area contributed by atoms with Gasteiger partial charge in [0.1, 0.15) is 5.75 Å². The number of phenolic OH excluding ortho intramolecular Hbond substituents is 1. The zero-order chi connectivity index (χ0) is 9.14. The summed E-state index contributed by atoms with van der Waals surface area (Å²) in [4.78, 5) is 0. The molecule has 1 aromatic rings. The lowest BCUT2D eigenvalue weighted by Gasteiger charge is -2.07. The van der Waals surface area contributed by atoms with Gasteiger partial charge in [0.25, 0.3) is 0 Å². The van der Waals surface area contributed by atoms with Crippen LogP contribution in [-0.4, -0.2) is 5.11 Å². The molecule has 1 aromatic carbocycles. The Bertz CT molecular complexity index is 256. The van der Waals surface area contributed by atoms with E-state index < -0.39 is 0 Å². The van der Waals surface area contributed by atoms with Crippen molar-refractivity contribution in [2.24, 2.45) is 0 Å². The van der Waals surface area contributed by atoms with Crippen molar-refractivity contribution in [3.63, 3.8) is 0 Å². The molecular formula is C10H15NO. The number of rotatable bonds is 2. The maximum atomic E-state index is 9.43. The van der Waals surface area contributed by atoms with Gasteiger partial charge in [0, 0.05) is 11.8 Å². The second-order valence-corrected chi connectivity index (χ2v) is 2.89. The summed E-state index contributed by atoms with van der Waals surface area (Å²) in [5.74, 6) is 0.312. The molecule has 0 aromatic heterocycles. The summed E-state index contributed by atoms with van der Waals surface area (Å²) in [7, 11) is 0. The Hall–Kier alpha value is -1.18. The molecule has 1 rings (SSSR count). The molecule has 0 aliphatic rings. The summed E-state index contributed by atoms with van der Waals surface area (Å²) in [6.07, 6.45) is 1.76. The number of aromatic hydroxyl groups is 1. The van der Waals surface area contributed by atoms with Crippen LogP contribution in [0.4, 0.5) is 5.69 Å². The highest BCUT2D eigenvalue weighted by Crippen LogP contribution is 2.24. The third-order valence-corrected chi connectivity index (χ3v) is 2.10. The van der Waals surface area contributed by atoms with E-state index in [1.54, 1.807) is 6.07 Å². The first kappa shape index (κ1) is 8.91. The molecule has 66 valence electrons. The predicted octanol–water partition coefficient (Wildman–Crippen LogP) is 2.10. The zero-order valence-corrected chi connectivity index (χ0v) is 7.59. The van der Waals surface area contributed by atoms with Crippen LogP contribution in [0.15, 0.2) is 12.1 Å². The lowest BCUT2D eigenvalue weighted by molar-refractivity contribution is 0.469. The van der Waals surface area contributed by atoms with Gasteiger partial charge in [-0.25, -0.2) is 0 Å². The van der Waals surface area contributed by atoms with Crippen LogP contribution in [0.3, 0.4) is 0 Å². The van der Waals surface area contributed by atoms with Crippen molar-refractivity contribution in [1.29, 1.82) is 0 Å². The van der Waals surface area contributed by atoms with E-state index in [0.717, 1.165) is 24.0 Å². The Kier molecular flexibility index (Phi) is 2.58. The molecule has 0 amide bonds. The molecule has 12 heavy (non-hydrogen) atoms. The quantitative estimate of drug-likeness (QED) is 0.659. The van der Waals surface area contributed by atoms with E-state index in [4.69, 9.17) is 5.73 Å². The largest absolute Gasteiger partial charge is 0.508 e. The molecule has 0 saturated heterocycles. The molecule has 2 nitrogen and oxygen atoms in total. The molecule has 0 bridgehead atoms.